The third-order valence-electron chi connectivity index (χ3n) is 2.95. The number of amides is 2. The molecule has 3 aromatic rings. The SMILES string of the molecule is NC(=O)N(N=c1ccc2ccccc2o1)c1ccccc1. The second kappa shape index (κ2) is 5.50. The summed E-state index contributed by atoms with van der Waals surface area (Å²) in [5.74, 6) is 0. The van der Waals surface area contributed by atoms with Gasteiger partial charge in [0.05, 0.1) is 5.69 Å². The Balaban J connectivity index is 2.09. The lowest BCUT2D eigenvalue weighted by atomic mass is 10.2. The second-order valence-corrected chi connectivity index (χ2v) is 4.40. The van der Waals surface area contributed by atoms with Gasteiger partial charge in [0, 0.05) is 11.5 Å². The first-order chi connectivity index (χ1) is 10.2. The second-order valence-electron chi connectivity index (χ2n) is 4.40. The molecule has 0 saturated heterocycles. The highest BCUT2D eigenvalue weighted by atomic mass is 16.3. The first-order valence-corrected chi connectivity index (χ1v) is 6.42. The van der Waals surface area contributed by atoms with Crippen LogP contribution in [0, 0.1) is 0 Å². The predicted molar refractivity (Wildman–Crippen MR) is 80.3 cm³/mol. The topological polar surface area (TPSA) is 71.8 Å². The van der Waals surface area contributed by atoms with Crippen LogP contribution in [-0.2, 0) is 0 Å². The Morgan fingerprint density at radius 1 is 0.952 bits per heavy atom. The van der Waals surface area contributed by atoms with E-state index in [4.69, 9.17) is 10.2 Å². The molecular weight excluding hydrogens is 266 g/mol. The zero-order chi connectivity index (χ0) is 14.7. The van der Waals surface area contributed by atoms with Crippen molar-refractivity contribution in [2.75, 3.05) is 5.01 Å². The number of nitrogens with two attached hydrogens (primary N) is 1. The summed E-state index contributed by atoms with van der Waals surface area (Å²) in [6.45, 7) is 0. The molecule has 0 aliphatic rings. The number of hydrogen-bond donors (Lipinski definition) is 1. The fraction of sp³-hybridized carbons (Fsp3) is 0. The van der Waals surface area contributed by atoms with Gasteiger partial charge < -0.3 is 10.2 Å². The molecule has 5 heteroatoms. The van der Waals surface area contributed by atoms with E-state index in [-0.39, 0.29) is 0 Å². The lowest BCUT2D eigenvalue weighted by molar-refractivity contribution is 0.253. The van der Waals surface area contributed by atoms with E-state index in [2.05, 4.69) is 5.10 Å². The van der Waals surface area contributed by atoms with Gasteiger partial charge in [-0.3, -0.25) is 0 Å². The maximum absolute atomic E-state index is 11.6. The Kier molecular flexibility index (Phi) is 3.39. The molecule has 0 aliphatic carbocycles. The van der Waals surface area contributed by atoms with E-state index < -0.39 is 6.03 Å². The Morgan fingerprint density at radius 3 is 2.43 bits per heavy atom. The Hall–Kier alpha value is -3.08. The van der Waals surface area contributed by atoms with Crippen molar-refractivity contribution in [3.8, 4) is 0 Å². The molecule has 2 aromatic carbocycles. The zero-order valence-electron chi connectivity index (χ0n) is 11.1. The van der Waals surface area contributed by atoms with E-state index >= 15 is 0 Å². The van der Waals surface area contributed by atoms with Crippen molar-refractivity contribution < 1.29 is 9.21 Å². The van der Waals surface area contributed by atoms with Crippen LogP contribution < -0.4 is 16.3 Å². The van der Waals surface area contributed by atoms with Gasteiger partial charge in [-0.05, 0) is 24.3 Å². The summed E-state index contributed by atoms with van der Waals surface area (Å²) >= 11 is 0. The Bertz CT molecular complexity index is 841. The van der Waals surface area contributed by atoms with E-state index in [1.54, 1.807) is 30.3 Å². The Labute approximate surface area is 120 Å². The van der Waals surface area contributed by atoms with Crippen molar-refractivity contribution in [2.24, 2.45) is 10.8 Å². The lowest BCUT2D eigenvalue weighted by Gasteiger charge is -2.13. The van der Waals surface area contributed by atoms with E-state index in [0.29, 0.717) is 16.8 Å². The van der Waals surface area contributed by atoms with Gasteiger partial charge in [-0.1, -0.05) is 36.4 Å². The summed E-state index contributed by atoms with van der Waals surface area (Å²) in [5.41, 5.74) is 6.95. The van der Waals surface area contributed by atoms with Gasteiger partial charge in [-0.25, -0.2) is 4.79 Å². The van der Waals surface area contributed by atoms with Crippen LogP contribution in [0.3, 0.4) is 0 Å². The van der Waals surface area contributed by atoms with Gasteiger partial charge >= 0.3 is 6.03 Å². The number of hydrogen-bond acceptors (Lipinski definition) is 3. The molecule has 0 saturated carbocycles. The maximum Gasteiger partial charge on any atom is 0.340 e. The number of nitrogens with zero attached hydrogens (tertiary/aromatic N) is 2. The number of para-hydroxylation sites is 2. The number of urea groups is 1. The van der Waals surface area contributed by atoms with E-state index in [9.17, 15) is 4.79 Å². The minimum Gasteiger partial charge on any atom is -0.437 e. The largest absolute Gasteiger partial charge is 0.437 e. The van der Waals surface area contributed by atoms with Crippen LogP contribution in [0.2, 0.25) is 0 Å². The van der Waals surface area contributed by atoms with Crippen molar-refractivity contribution in [1.29, 1.82) is 0 Å². The van der Waals surface area contributed by atoms with Crippen LogP contribution in [0.15, 0.2) is 76.2 Å². The van der Waals surface area contributed by atoms with Crippen LogP contribution in [-0.4, -0.2) is 6.03 Å². The van der Waals surface area contributed by atoms with Gasteiger partial charge in [-0.15, -0.1) is 5.10 Å². The number of fused-ring (bicyclic) bond motifs is 1. The van der Waals surface area contributed by atoms with E-state index in [1.807, 2.05) is 36.4 Å². The van der Waals surface area contributed by atoms with E-state index in [1.165, 1.54) is 0 Å². The minimum absolute atomic E-state index is 0.302. The molecule has 0 atom stereocenters. The van der Waals surface area contributed by atoms with Crippen molar-refractivity contribution in [2.45, 2.75) is 0 Å². The predicted octanol–water partition coefficient (Wildman–Crippen LogP) is 2.83. The van der Waals surface area contributed by atoms with Gasteiger partial charge in [0.1, 0.15) is 5.58 Å². The summed E-state index contributed by atoms with van der Waals surface area (Å²) in [6.07, 6.45) is 0. The molecule has 5 nitrogen and oxygen atoms in total. The summed E-state index contributed by atoms with van der Waals surface area (Å²) in [5, 5.41) is 6.24. The van der Waals surface area contributed by atoms with E-state index in [0.717, 1.165) is 10.4 Å². The molecule has 1 heterocycles. The number of anilines is 1. The molecule has 3 rings (SSSR count). The van der Waals surface area contributed by atoms with Crippen molar-refractivity contribution in [1.82, 2.24) is 0 Å². The number of benzene rings is 2. The quantitative estimate of drug-likeness (QED) is 0.733. The Morgan fingerprint density at radius 2 is 1.67 bits per heavy atom. The lowest BCUT2D eigenvalue weighted by Crippen LogP contribution is -2.33. The van der Waals surface area contributed by atoms with Gasteiger partial charge in [0.2, 0.25) is 5.55 Å². The van der Waals surface area contributed by atoms with Gasteiger partial charge in [-0.2, -0.15) is 5.01 Å². The first-order valence-electron chi connectivity index (χ1n) is 6.42. The molecule has 0 bridgehead atoms. The third kappa shape index (κ3) is 2.76. The molecule has 21 heavy (non-hydrogen) atoms. The standard InChI is InChI=1S/C16H13N3O2/c17-16(20)19(13-7-2-1-3-8-13)18-15-11-10-12-6-4-5-9-14(12)21-15/h1-11H,(H2,17,20). The molecule has 1 aromatic heterocycles. The van der Waals surface area contributed by atoms with Crippen LogP contribution in [0.1, 0.15) is 0 Å². The molecule has 0 unspecified atom stereocenters. The zero-order valence-corrected chi connectivity index (χ0v) is 11.1. The van der Waals surface area contributed by atoms with Crippen LogP contribution >= 0.6 is 0 Å². The molecule has 0 aliphatic heterocycles. The molecule has 0 radical (unpaired) electrons. The van der Waals surface area contributed by atoms with Crippen LogP contribution in [0.5, 0.6) is 0 Å². The van der Waals surface area contributed by atoms with Crippen molar-refractivity contribution in [3.63, 3.8) is 0 Å². The molecule has 2 amide bonds. The summed E-state index contributed by atoms with van der Waals surface area (Å²) < 4.78 is 5.65. The molecule has 104 valence electrons. The van der Waals surface area contributed by atoms with Crippen LogP contribution in [0.4, 0.5) is 10.5 Å². The monoisotopic (exact) mass is 279 g/mol. The molecule has 2 N–H and O–H groups in total. The molecule has 0 fully saturated rings. The fourth-order valence-corrected chi connectivity index (χ4v) is 1.97. The highest BCUT2D eigenvalue weighted by Gasteiger charge is 2.10. The summed E-state index contributed by atoms with van der Waals surface area (Å²) in [6, 6.07) is 19.4. The summed E-state index contributed by atoms with van der Waals surface area (Å²) in [7, 11) is 0. The number of rotatable bonds is 2. The smallest absolute Gasteiger partial charge is 0.340 e. The average molecular weight is 279 g/mol. The highest BCUT2D eigenvalue weighted by molar-refractivity contribution is 5.89. The number of primary amides is 1. The fourth-order valence-electron chi connectivity index (χ4n) is 1.97. The third-order valence-corrected chi connectivity index (χ3v) is 2.95. The number of carbonyl (C=O) groups excluding carboxylic acids is 1. The molecule has 0 spiro atoms. The average Bonchev–Trinajstić information content (AvgIpc) is 2.53. The van der Waals surface area contributed by atoms with Gasteiger partial charge in [0.25, 0.3) is 0 Å². The number of carbonyl (C=O) groups is 1. The minimum atomic E-state index is -0.676. The van der Waals surface area contributed by atoms with Crippen LogP contribution in [0.25, 0.3) is 11.0 Å². The maximum atomic E-state index is 11.6. The van der Waals surface area contributed by atoms with Gasteiger partial charge in [0.15, 0.2) is 0 Å². The van der Waals surface area contributed by atoms with Crippen molar-refractivity contribution in [3.05, 3.63) is 72.3 Å². The normalized spacial score (nSPS) is 11.5. The van der Waals surface area contributed by atoms with Crippen molar-refractivity contribution >= 4 is 22.7 Å². The summed E-state index contributed by atoms with van der Waals surface area (Å²) in [4.78, 5) is 11.6. The first kappa shape index (κ1) is 12.9. The highest BCUT2D eigenvalue weighted by Crippen LogP contribution is 2.13. The molecular formula is C16H13N3O2.